The molecule has 8 heteroatoms. The summed E-state index contributed by atoms with van der Waals surface area (Å²) in [6, 6.07) is 3.74. The molecule has 3 aromatic rings. The van der Waals surface area contributed by atoms with Gasteiger partial charge in [0.15, 0.2) is 11.4 Å². The fourth-order valence-electron chi connectivity index (χ4n) is 2.27. The van der Waals surface area contributed by atoms with Gasteiger partial charge in [-0.3, -0.25) is 14.2 Å². The molecular weight excluding hydrogens is 304 g/mol. The second-order valence-electron chi connectivity index (χ2n) is 4.84. The number of amides is 1. The molecule has 0 radical (unpaired) electrons. The molecule has 0 aliphatic carbocycles. The molecule has 0 fully saturated rings. The lowest BCUT2D eigenvalue weighted by Crippen LogP contribution is -2.11. The lowest BCUT2D eigenvalue weighted by atomic mass is 10.3. The molecule has 1 aromatic carbocycles. The zero-order valence-electron chi connectivity index (χ0n) is 12.3. The minimum absolute atomic E-state index is 0.163. The van der Waals surface area contributed by atoms with Crippen molar-refractivity contribution >= 4 is 49.6 Å². The third kappa shape index (κ3) is 2.52. The van der Waals surface area contributed by atoms with Crippen molar-refractivity contribution in [2.45, 2.75) is 27.0 Å². The van der Waals surface area contributed by atoms with E-state index < -0.39 is 6.23 Å². The molecule has 7 nitrogen and oxygen atoms in total. The van der Waals surface area contributed by atoms with Crippen molar-refractivity contribution in [2.75, 3.05) is 5.32 Å². The van der Waals surface area contributed by atoms with Gasteiger partial charge in [0, 0.05) is 13.8 Å². The fourth-order valence-corrected chi connectivity index (χ4v) is 3.28. The first-order valence-electron chi connectivity index (χ1n) is 6.66. The molecule has 114 valence electrons. The number of carbonyl (C=O) groups is 2. The van der Waals surface area contributed by atoms with E-state index in [-0.39, 0.29) is 11.9 Å². The van der Waals surface area contributed by atoms with Gasteiger partial charge in [0.2, 0.25) is 5.91 Å². The average molecular weight is 318 g/mol. The predicted octanol–water partition coefficient (Wildman–Crippen LogP) is 2.69. The summed E-state index contributed by atoms with van der Waals surface area (Å²) in [7, 11) is 0. The SMILES string of the molecule is CC(=O)Nc1nc2ccc3c(ncn3C(C)OC(C)=O)c2s1. The van der Waals surface area contributed by atoms with E-state index in [2.05, 4.69) is 15.3 Å². The van der Waals surface area contributed by atoms with Gasteiger partial charge in [0.25, 0.3) is 0 Å². The van der Waals surface area contributed by atoms with Gasteiger partial charge in [-0.25, -0.2) is 9.97 Å². The summed E-state index contributed by atoms with van der Waals surface area (Å²) in [6.45, 7) is 4.59. The van der Waals surface area contributed by atoms with Gasteiger partial charge in [0.05, 0.1) is 22.1 Å². The summed E-state index contributed by atoms with van der Waals surface area (Å²) in [6.07, 6.45) is 1.19. The number of ether oxygens (including phenoxy) is 1. The number of rotatable bonds is 3. The van der Waals surface area contributed by atoms with E-state index in [0.29, 0.717) is 5.13 Å². The maximum absolute atomic E-state index is 11.1. The Hall–Kier alpha value is -2.48. The molecule has 2 aromatic heterocycles. The van der Waals surface area contributed by atoms with Crippen molar-refractivity contribution in [1.82, 2.24) is 14.5 Å². The van der Waals surface area contributed by atoms with Crippen LogP contribution in [0.3, 0.4) is 0 Å². The number of imidazole rings is 1. The van der Waals surface area contributed by atoms with Crippen molar-refractivity contribution in [2.24, 2.45) is 0 Å². The summed E-state index contributed by atoms with van der Waals surface area (Å²) in [5.41, 5.74) is 2.39. The minimum Gasteiger partial charge on any atom is -0.442 e. The number of hydrogen-bond donors (Lipinski definition) is 1. The Kier molecular flexibility index (Phi) is 3.53. The van der Waals surface area contributed by atoms with Crippen LogP contribution in [-0.4, -0.2) is 26.4 Å². The zero-order valence-corrected chi connectivity index (χ0v) is 13.1. The van der Waals surface area contributed by atoms with Crippen LogP contribution in [0, 0.1) is 0 Å². The molecule has 0 saturated heterocycles. The third-order valence-corrected chi connectivity index (χ3v) is 4.10. The predicted molar refractivity (Wildman–Crippen MR) is 83.7 cm³/mol. The van der Waals surface area contributed by atoms with Crippen LogP contribution in [0.2, 0.25) is 0 Å². The largest absolute Gasteiger partial charge is 0.442 e. The van der Waals surface area contributed by atoms with Gasteiger partial charge < -0.3 is 10.1 Å². The molecule has 1 unspecified atom stereocenters. The fraction of sp³-hybridized carbons (Fsp3) is 0.286. The summed E-state index contributed by atoms with van der Waals surface area (Å²) in [5.74, 6) is -0.509. The molecule has 0 aliphatic heterocycles. The van der Waals surface area contributed by atoms with Gasteiger partial charge in [-0.15, -0.1) is 0 Å². The van der Waals surface area contributed by atoms with Crippen LogP contribution in [0.25, 0.3) is 21.3 Å². The maximum atomic E-state index is 11.1. The molecule has 1 amide bonds. The Morgan fingerprint density at radius 1 is 1.36 bits per heavy atom. The average Bonchev–Trinajstić information content (AvgIpc) is 2.98. The molecule has 3 rings (SSSR count). The van der Waals surface area contributed by atoms with E-state index in [1.807, 2.05) is 12.1 Å². The van der Waals surface area contributed by atoms with Gasteiger partial charge >= 0.3 is 5.97 Å². The highest BCUT2D eigenvalue weighted by Crippen LogP contribution is 2.32. The highest BCUT2D eigenvalue weighted by molar-refractivity contribution is 7.23. The van der Waals surface area contributed by atoms with Crippen molar-refractivity contribution in [1.29, 1.82) is 0 Å². The van der Waals surface area contributed by atoms with Gasteiger partial charge in [-0.05, 0) is 19.1 Å². The minimum atomic E-state index is -0.442. The summed E-state index contributed by atoms with van der Waals surface area (Å²) in [5, 5.41) is 3.22. The highest BCUT2D eigenvalue weighted by atomic mass is 32.1. The second-order valence-corrected chi connectivity index (χ2v) is 5.84. The van der Waals surface area contributed by atoms with Crippen LogP contribution in [0.4, 0.5) is 5.13 Å². The third-order valence-electron chi connectivity index (χ3n) is 3.11. The number of esters is 1. The van der Waals surface area contributed by atoms with E-state index in [0.717, 1.165) is 21.3 Å². The molecule has 0 bridgehead atoms. The zero-order chi connectivity index (χ0) is 15.9. The van der Waals surface area contributed by atoms with Crippen molar-refractivity contribution in [3.8, 4) is 0 Å². The topological polar surface area (TPSA) is 86.1 Å². The summed E-state index contributed by atoms with van der Waals surface area (Å²) in [4.78, 5) is 31.0. The number of fused-ring (bicyclic) bond motifs is 3. The van der Waals surface area contributed by atoms with Crippen LogP contribution in [0.5, 0.6) is 0 Å². The molecule has 22 heavy (non-hydrogen) atoms. The molecule has 0 aliphatic rings. The number of aromatic nitrogens is 3. The smallest absolute Gasteiger partial charge is 0.304 e. The van der Waals surface area contributed by atoms with Crippen LogP contribution in [0.15, 0.2) is 18.5 Å². The highest BCUT2D eigenvalue weighted by Gasteiger charge is 2.16. The van der Waals surface area contributed by atoms with Crippen molar-refractivity contribution < 1.29 is 14.3 Å². The number of thiazole rings is 1. The molecule has 2 heterocycles. The van der Waals surface area contributed by atoms with E-state index in [4.69, 9.17) is 4.74 Å². The normalized spacial score (nSPS) is 12.5. The van der Waals surface area contributed by atoms with Crippen molar-refractivity contribution in [3.63, 3.8) is 0 Å². The Morgan fingerprint density at radius 2 is 2.14 bits per heavy atom. The number of nitrogens with one attached hydrogen (secondary N) is 1. The molecule has 0 saturated carbocycles. The summed E-state index contributed by atoms with van der Waals surface area (Å²) >= 11 is 1.37. The second kappa shape index (κ2) is 5.38. The quantitative estimate of drug-likeness (QED) is 0.750. The van der Waals surface area contributed by atoms with Gasteiger partial charge in [-0.2, -0.15) is 0 Å². The Balaban J connectivity index is 2.09. The molecule has 1 atom stereocenters. The number of benzene rings is 1. The number of hydrogen-bond acceptors (Lipinski definition) is 6. The standard InChI is InChI=1S/C14H14N4O3S/c1-7(19)16-14-17-10-4-5-11-12(13(10)22-14)15-6-18(11)8(2)21-9(3)20/h4-6,8H,1-3H3,(H,16,17,19). The van der Waals surface area contributed by atoms with E-state index in [1.165, 1.54) is 25.2 Å². The molecule has 0 spiro atoms. The van der Waals surface area contributed by atoms with Crippen molar-refractivity contribution in [3.05, 3.63) is 18.5 Å². The summed E-state index contributed by atoms with van der Waals surface area (Å²) < 4.78 is 7.86. The first kappa shape index (κ1) is 14.5. The Morgan fingerprint density at radius 3 is 2.82 bits per heavy atom. The van der Waals surface area contributed by atoms with Crippen LogP contribution >= 0.6 is 11.3 Å². The molecule has 1 N–H and O–H groups in total. The molecular formula is C14H14N4O3S. The van der Waals surface area contributed by atoms with Crippen LogP contribution < -0.4 is 5.32 Å². The monoisotopic (exact) mass is 318 g/mol. The van der Waals surface area contributed by atoms with E-state index in [1.54, 1.807) is 17.8 Å². The first-order valence-corrected chi connectivity index (χ1v) is 7.48. The lowest BCUT2D eigenvalue weighted by Gasteiger charge is -2.13. The van der Waals surface area contributed by atoms with Gasteiger partial charge in [0.1, 0.15) is 5.52 Å². The first-order chi connectivity index (χ1) is 10.5. The number of anilines is 1. The van der Waals surface area contributed by atoms with Crippen LogP contribution in [-0.2, 0) is 14.3 Å². The Bertz CT molecular complexity index is 883. The number of carbonyl (C=O) groups excluding carboxylic acids is 2. The van der Waals surface area contributed by atoms with Gasteiger partial charge in [-0.1, -0.05) is 11.3 Å². The Labute approximate surface area is 129 Å². The lowest BCUT2D eigenvalue weighted by molar-refractivity contribution is -0.149. The van der Waals surface area contributed by atoms with Crippen LogP contribution in [0.1, 0.15) is 27.0 Å². The van der Waals surface area contributed by atoms with E-state index in [9.17, 15) is 9.59 Å². The number of nitrogens with zero attached hydrogens (tertiary/aromatic N) is 3. The maximum Gasteiger partial charge on any atom is 0.304 e. The van der Waals surface area contributed by atoms with E-state index >= 15 is 0 Å².